The van der Waals surface area contributed by atoms with Crippen molar-refractivity contribution in [1.82, 2.24) is 0 Å². The molecule has 0 fully saturated rings. The van der Waals surface area contributed by atoms with Gasteiger partial charge in [-0.15, -0.1) is 0 Å². The van der Waals surface area contributed by atoms with Crippen LogP contribution >= 0.6 is 0 Å². The van der Waals surface area contributed by atoms with Gasteiger partial charge >= 0.3 is 0 Å². The molecule has 1 aliphatic rings. The van der Waals surface area contributed by atoms with E-state index in [4.69, 9.17) is 19.9 Å². The summed E-state index contributed by atoms with van der Waals surface area (Å²) in [5, 5.41) is 2.83. The van der Waals surface area contributed by atoms with E-state index in [9.17, 15) is 4.79 Å². The van der Waals surface area contributed by atoms with Crippen molar-refractivity contribution in [3.63, 3.8) is 0 Å². The third kappa shape index (κ3) is 3.01. The lowest BCUT2D eigenvalue weighted by Gasteiger charge is -2.26. The molecule has 0 radical (unpaired) electrons. The van der Waals surface area contributed by atoms with Crippen LogP contribution in [0.4, 0.5) is 11.4 Å². The molecule has 3 rings (SSSR count). The molecule has 1 aliphatic heterocycles. The van der Waals surface area contributed by atoms with Crippen LogP contribution in [0.15, 0.2) is 36.4 Å². The molecule has 1 heterocycles. The van der Waals surface area contributed by atoms with Crippen molar-refractivity contribution in [3.05, 3.63) is 42.0 Å². The molecule has 1 unspecified atom stereocenters. The van der Waals surface area contributed by atoms with E-state index >= 15 is 0 Å². The van der Waals surface area contributed by atoms with E-state index in [2.05, 4.69) is 5.32 Å². The monoisotopic (exact) mass is 314 g/mol. The number of fused-ring (bicyclic) bond motifs is 1. The van der Waals surface area contributed by atoms with Crippen LogP contribution in [0.1, 0.15) is 5.56 Å². The first-order chi connectivity index (χ1) is 11.1. The summed E-state index contributed by atoms with van der Waals surface area (Å²) in [5.41, 5.74) is 7.84. The first-order valence-corrected chi connectivity index (χ1v) is 7.18. The summed E-state index contributed by atoms with van der Waals surface area (Å²) >= 11 is 0. The Kier molecular flexibility index (Phi) is 3.97. The first kappa shape index (κ1) is 15.0. The molecule has 0 saturated heterocycles. The Hall–Kier alpha value is -2.89. The van der Waals surface area contributed by atoms with E-state index in [1.807, 2.05) is 12.1 Å². The molecule has 1 amide bonds. The lowest BCUT2D eigenvalue weighted by atomic mass is 10.0. The largest absolute Gasteiger partial charge is 0.497 e. The zero-order valence-electron chi connectivity index (χ0n) is 13.0. The van der Waals surface area contributed by atoms with Gasteiger partial charge in [0.2, 0.25) is 0 Å². The van der Waals surface area contributed by atoms with Gasteiger partial charge in [0, 0.05) is 24.2 Å². The van der Waals surface area contributed by atoms with E-state index < -0.39 is 6.10 Å². The Balaban J connectivity index is 1.84. The molecule has 3 N–H and O–H groups in total. The number of anilines is 2. The number of nitrogens with one attached hydrogen (secondary N) is 1. The molecular formula is C17H18N2O4. The molecule has 1 atom stereocenters. The number of methoxy groups -OCH3 is 2. The maximum absolute atomic E-state index is 12.2. The molecule has 6 heteroatoms. The normalized spacial score (nSPS) is 16.1. The van der Waals surface area contributed by atoms with Gasteiger partial charge in [0.05, 0.1) is 19.9 Å². The molecule has 0 saturated carbocycles. The van der Waals surface area contributed by atoms with E-state index in [1.165, 1.54) is 0 Å². The second-order valence-electron chi connectivity index (χ2n) is 5.23. The van der Waals surface area contributed by atoms with Crippen molar-refractivity contribution in [1.29, 1.82) is 0 Å². The Morgan fingerprint density at radius 1 is 1.17 bits per heavy atom. The molecule has 2 aromatic rings. The lowest BCUT2D eigenvalue weighted by Crippen LogP contribution is -2.38. The maximum atomic E-state index is 12.2. The fourth-order valence-corrected chi connectivity index (χ4v) is 2.51. The van der Waals surface area contributed by atoms with Gasteiger partial charge in [0.25, 0.3) is 5.91 Å². The Morgan fingerprint density at radius 3 is 2.74 bits per heavy atom. The first-order valence-electron chi connectivity index (χ1n) is 7.18. The van der Waals surface area contributed by atoms with Crippen molar-refractivity contribution in [2.45, 2.75) is 12.5 Å². The summed E-state index contributed by atoms with van der Waals surface area (Å²) in [5.74, 6) is 1.72. The Bertz CT molecular complexity index is 745. The SMILES string of the molecule is COc1ccc(CC2Oc3cc(N)ccc3NC2=O)c(OC)c1. The number of hydrogen-bond donors (Lipinski definition) is 2. The van der Waals surface area contributed by atoms with Crippen LogP contribution in [0.2, 0.25) is 0 Å². The van der Waals surface area contributed by atoms with Crippen LogP contribution in [0.25, 0.3) is 0 Å². The highest BCUT2D eigenvalue weighted by Gasteiger charge is 2.28. The number of carbonyl (C=O) groups is 1. The van der Waals surface area contributed by atoms with Crippen LogP contribution in [-0.4, -0.2) is 26.2 Å². The van der Waals surface area contributed by atoms with E-state index in [-0.39, 0.29) is 5.91 Å². The third-order valence-electron chi connectivity index (χ3n) is 3.72. The summed E-state index contributed by atoms with van der Waals surface area (Å²) in [4.78, 5) is 12.2. The van der Waals surface area contributed by atoms with Gasteiger partial charge in [-0.1, -0.05) is 6.07 Å². The standard InChI is InChI=1S/C17H18N2O4/c1-21-12-5-3-10(14(9-12)22-2)7-16-17(20)19-13-6-4-11(18)8-15(13)23-16/h3-6,8-9,16H,7,18H2,1-2H3,(H,19,20). The highest BCUT2D eigenvalue weighted by Crippen LogP contribution is 2.33. The van der Waals surface area contributed by atoms with Gasteiger partial charge in [-0.05, 0) is 23.8 Å². The summed E-state index contributed by atoms with van der Waals surface area (Å²) in [6.07, 6.45) is -0.264. The predicted octanol–water partition coefficient (Wildman–Crippen LogP) is 2.23. The number of hydrogen-bond acceptors (Lipinski definition) is 5. The highest BCUT2D eigenvalue weighted by atomic mass is 16.5. The number of carbonyl (C=O) groups excluding carboxylic acids is 1. The minimum Gasteiger partial charge on any atom is -0.497 e. The molecule has 120 valence electrons. The summed E-state index contributed by atoms with van der Waals surface area (Å²) in [7, 11) is 3.17. The van der Waals surface area contributed by atoms with Crippen LogP contribution in [-0.2, 0) is 11.2 Å². The van der Waals surface area contributed by atoms with E-state index in [0.717, 1.165) is 5.56 Å². The van der Waals surface area contributed by atoms with Crippen molar-refractivity contribution < 1.29 is 19.0 Å². The van der Waals surface area contributed by atoms with Gasteiger partial charge in [-0.2, -0.15) is 0 Å². The molecule has 2 aromatic carbocycles. The third-order valence-corrected chi connectivity index (χ3v) is 3.72. The van der Waals surface area contributed by atoms with Crippen molar-refractivity contribution in [2.24, 2.45) is 0 Å². The Labute approximate surface area is 134 Å². The maximum Gasteiger partial charge on any atom is 0.265 e. The zero-order chi connectivity index (χ0) is 16.4. The van der Waals surface area contributed by atoms with Crippen LogP contribution in [0.3, 0.4) is 0 Å². The van der Waals surface area contributed by atoms with Gasteiger partial charge in [0.15, 0.2) is 6.10 Å². The lowest BCUT2D eigenvalue weighted by molar-refractivity contribution is -0.123. The molecule has 0 spiro atoms. The zero-order valence-corrected chi connectivity index (χ0v) is 13.0. The summed E-state index contributed by atoms with van der Waals surface area (Å²) in [6.45, 7) is 0. The minimum absolute atomic E-state index is 0.194. The summed E-state index contributed by atoms with van der Waals surface area (Å²) in [6, 6.07) is 10.6. The number of nitrogen functional groups attached to an aromatic ring is 1. The quantitative estimate of drug-likeness (QED) is 0.846. The molecular weight excluding hydrogens is 296 g/mol. The molecule has 23 heavy (non-hydrogen) atoms. The van der Waals surface area contributed by atoms with Gasteiger partial charge in [0.1, 0.15) is 17.2 Å². The fourth-order valence-electron chi connectivity index (χ4n) is 2.51. The number of rotatable bonds is 4. The number of nitrogens with two attached hydrogens (primary N) is 1. The van der Waals surface area contributed by atoms with E-state index in [0.29, 0.717) is 35.0 Å². The number of amides is 1. The van der Waals surface area contributed by atoms with Crippen molar-refractivity contribution in [2.75, 3.05) is 25.3 Å². The average Bonchev–Trinajstić information content (AvgIpc) is 2.56. The summed E-state index contributed by atoms with van der Waals surface area (Å²) < 4.78 is 16.4. The molecule has 6 nitrogen and oxygen atoms in total. The van der Waals surface area contributed by atoms with Crippen molar-refractivity contribution >= 4 is 17.3 Å². The smallest absolute Gasteiger partial charge is 0.265 e. The van der Waals surface area contributed by atoms with Crippen LogP contribution in [0.5, 0.6) is 17.2 Å². The van der Waals surface area contributed by atoms with Crippen LogP contribution < -0.4 is 25.3 Å². The average molecular weight is 314 g/mol. The van der Waals surface area contributed by atoms with Gasteiger partial charge in [-0.25, -0.2) is 0 Å². The van der Waals surface area contributed by atoms with Gasteiger partial charge in [-0.3, -0.25) is 4.79 Å². The van der Waals surface area contributed by atoms with Crippen LogP contribution in [0, 0.1) is 0 Å². The molecule has 0 aromatic heterocycles. The second-order valence-corrected chi connectivity index (χ2v) is 5.23. The van der Waals surface area contributed by atoms with Crippen molar-refractivity contribution in [3.8, 4) is 17.2 Å². The number of benzene rings is 2. The highest BCUT2D eigenvalue weighted by molar-refractivity contribution is 5.98. The Morgan fingerprint density at radius 2 is 2.00 bits per heavy atom. The van der Waals surface area contributed by atoms with Gasteiger partial charge < -0.3 is 25.3 Å². The molecule has 0 bridgehead atoms. The number of ether oxygens (including phenoxy) is 3. The second kappa shape index (κ2) is 6.08. The minimum atomic E-state index is -0.647. The van der Waals surface area contributed by atoms with E-state index in [1.54, 1.807) is 38.5 Å². The topological polar surface area (TPSA) is 82.8 Å². The predicted molar refractivity (Wildman–Crippen MR) is 87.2 cm³/mol. The fraction of sp³-hybridized carbons (Fsp3) is 0.235. The molecule has 0 aliphatic carbocycles.